The van der Waals surface area contributed by atoms with Gasteiger partial charge in [-0.1, -0.05) is 6.92 Å². The van der Waals surface area contributed by atoms with E-state index in [1.165, 1.54) is 6.42 Å². The highest BCUT2D eigenvalue weighted by Crippen LogP contribution is 2.27. The molecule has 1 aliphatic rings. The predicted octanol–water partition coefficient (Wildman–Crippen LogP) is 2.34. The fourth-order valence-electron chi connectivity index (χ4n) is 2.15. The topological polar surface area (TPSA) is 23.5 Å². The number of aliphatic hydroxyl groups is 1. The second-order valence-corrected chi connectivity index (χ2v) is 5.50. The number of halogens is 1. The van der Waals surface area contributed by atoms with Gasteiger partial charge in [0.05, 0.1) is 6.10 Å². The lowest BCUT2D eigenvalue weighted by atomic mass is 9.82. The zero-order valence-corrected chi connectivity index (χ0v) is 10.7. The number of aliphatic hydroxyl groups excluding tert-OH is 1. The van der Waals surface area contributed by atoms with Crippen molar-refractivity contribution in [2.24, 2.45) is 11.8 Å². The van der Waals surface area contributed by atoms with E-state index in [2.05, 4.69) is 18.9 Å². The molecule has 1 N–H and O–H groups in total. The van der Waals surface area contributed by atoms with Crippen molar-refractivity contribution in [3.05, 3.63) is 0 Å². The summed E-state index contributed by atoms with van der Waals surface area (Å²) in [4.78, 5) is 2.39. The minimum Gasteiger partial charge on any atom is -0.393 e. The van der Waals surface area contributed by atoms with Gasteiger partial charge in [0.1, 0.15) is 0 Å². The van der Waals surface area contributed by atoms with Gasteiger partial charge in [-0.25, -0.2) is 0 Å². The van der Waals surface area contributed by atoms with Crippen LogP contribution in [0, 0.1) is 11.8 Å². The molecule has 0 aromatic heterocycles. The van der Waals surface area contributed by atoms with Crippen molar-refractivity contribution in [2.45, 2.75) is 38.7 Å². The van der Waals surface area contributed by atoms with Crippen molar-refractivity contribution in [1.82, 2.24) is 4.90 Å². The second-order valence-electron chi connectivity index (χ2n) is 5.13. The molecule has 0 bridgehead atoms. The van der Waals surface area contributed by atoms with Crippen LogP contribution in [0.2, 0.25) is 0 Å². The van der Waals surface area contributed by atoms with Gasteiger partial charge >= 0.3 is 0 Å². The first-order valence-electron chi connectivity index (χ1n) is 6.04. The average Bonchev–Trinajstić information content (AvgIpc) is 2.13. The number of alkyl halides is 1. The first-order valence-corrected chi connectivity index (χ1v) is 6.57. The minimum absolute atomic E-state index is 0.0152. The third-order valence-electron chi connectivity index (χ3n) is 3.39. The molecule has 1 fully saturated rings. The summed E-state index contributed by atoms with van der Waals surface area (Å²) in [5.74, 6) is 2.24. The molecule has 2 nitrogen and oxygen atoms in total. The third-order valence-corrected chi connectivity index (χ3v) is 3.60. The molecule has 0 aliphatic heterocycles. The monoisotopic (exact) mass is 233 g/mol. The summed E-state index contributed by atoms with van der Waals surface area (Å²) in [6.45, 7) is 4.57. The van der Waals surface area contributed by atoms with Gasteiger partial charge in [-0.2, -0.15) is 0 Å². The summed E-state index contributed by atoms with van der Waals surface area (Å²) < 4.78 is 0. The van der Waals surface area contributed by atoms with E-state index >= 15 is 0 Å². The van der Waals surface area contributed by atoms with E-state index in [0.717, 1.165) is 50.1 Å². The highest BCUT2D eigenvalue weighted by Gasteiger charge is 2.27. The Kier molecular flexibility index (Phi) is 5.95. The van der Waals surface area contributed by atoms with Crippen LogP contribution in [0.15, 0.2) is 0 Å². The fourth-order valence-corrected chi connectivity index (χ4v) is 2.53. The first-order chi connectivity index (χ1) is 7.11. The Hall–Kier alpha value is 0.210. The van der Waals surface area contributed by atoms with E-state index in [1.54, 1.807) is 0 Å². The molecule has 15 heavy (non-hydrogen) atoms. The maximum Gasteiger partial charge on any atom is 0.0546 e. The van der Waals surface area contributed by atoms with E-state index in [1.807, 2.05) is 0 Å². The molecule has 0 amide bonds. The van der Waals surface area contributed by atoms with Crippen molar-refractivity contribution in [3.8, 4) is 0 Å². The Labute approximate surface area is 98.6 Å². The quantitative estimate of drug-likeness (QED) is 0.683. The van der Waals surface area contributed by atoms with Crippen LogP contribution in [0.5, 0.6) is 0 Å². The van der Waals surface area contributed by atoms with E-state index in [0.29, 0.717) is 0 Å². The molecule has 0 saturated heterocycles. The summed E-state index contributed by atoms with van der Waals surface area (Å²) >= 11 is 5.70. The van der Waals surface area contributed by atoms with Crippen molar-refractivity contribution in [2.75, 3.05) is 26.0 Å². The lowest BCUT2D eigenvalue weighted by Gasteiger charge is -2.34. The Morgan fingerprint density at radius 2 is 2.07 bits per heavy atom. The molecule has 0 aromatic rings. The summed E-state index contributed by atoms with van der Waals surface area (Å²) in [6.07, 6.45) is 4.35. The molecule has 0 radical (unpaired) electrons. The van der Waals surface area contributed by atoms with Gasteiger partial charge in [-0.15, -0.1) is 11.6 Å². The molecule has 1 aliphatic carbocycles. The van der Waals surface area contributed by atoms with E-state index in [-0.39, 0.29) is 6.10 Å². The van der Waals surface area contributed by atoms with Crippen LogP contribution in [-0.2, 0) is 0 Å². The van der Waals surface area contributed by atoms with Gasteiger partial charge in [0, 0.05) is 12.4 Å². The van der Waals surface area contributed by atoms with E-state index in [4.69, 9.17) is 11.6 Å². The molecule has 1 atom stereocenters. The molecule has 0 heterocycles. The predicted molar refractivity (Wildman–Crippen MR) is 65.3 cm³/mol. The Balaban J connectivity index is 2.00. The first kappa shape index (κ1) is 13.3. The Morgan fingerprint density at radius 3 is 2.60 bits per heavy atom. The molecule has 90 valence electrons. The summed E-state index contributed by atoms with van der Waals surface area (Å²) in [7, 11) is 2.18. The molecule has 0 aromatic carbocycles. The van der Waals surface area contributed by atoms with Crippen molar-refractivity contribution in [1.29, 1.82) is 0 Å². The van der Waals surface area contributed by atoms with Crippen LogP contribution < -0.4 is 0 Å². The molecular weight excluding hydrogens is 210 g/mol. The smallest absolute Gasteiger partial charge is 0.0546 e. The van der Waals surface area contributed by atoms with Crippen LogP contribution in [-0.4, -0.2) is 42.1 Å². The lowest BCUT2D eigenvalue weighted by molar-refractivity contribution is 0.0278. The van der Waals surface area contributed by atoms with Gasteiger partial charge in [0.15, 0.2) is 0 Å². The van der Waals surface area contributed by atoms with Crippen LogP contribution in [0.1, 0.15) is 32.6 Å². The normalized spacial score (nSPS) is 27.8. The SMILES string of the molecule is CC(CCCl)CCN(C)CC1CC(O)C1. The number of rotatable bonds is 7. The number of hydrogen-bond donors (Lipinski definition) is 1. The van der Waals surface area contributed by atoms with Crippen LogP contribution in [0.4, 0.5) is 0 Å². The summed E-state index contributed by atoms with van der Waals surface area (Å²) in [5, 5.41) is 9.19. The van der Waals surface area contributed by atoms with Gasteiger partial charge in [0.2, 0.25) is 0 Å². The Morgan fingerprint density at radius 1 is 1.40 bits per heavy atom. The molecule has 1 unspecified atom stereocenters. The molecular formula is C12H24ClNO. The summed E-state index contributed by atoms with van der Waals surface area (Å²) in [5.41, 5.74) is 0. The standard InChI is InChI=1S/C12H24ClNO/c1-10(3-5-13)4-6-14(2)9-11-7-12(15)8-11/h10-12,15H,3-9H2,1-2H3. The second kappa shape index (κ2) is 6.72. The molecule has 1 saturated carbocycles. The van der Waals surface area contributed by atoms with Crippen LogP contribution in [0.3, 0.4) is 0 Å². The van der Waals surface area contributed by atoms with Crippen molar-refractivity contribution < 1.29 is 5.11 Å². The molecule has 0 spiro atoms. The molecule has 1 rings (SSSR count). The van der Waals surface area contributed by atoms with Gasteiger partial charge in [-0.3, -0.25) is 0 Å². The largest absolute Gasteiger partial charge is 0.393 e. The number of hydrogen-bond acceptors (Lipinski definition) is 2. The van der Waals surface area contributed by atoms with Crippen LogP contribution in [0.25, 0.3) is 0 Å². The van der Waals surface area contributed by atoms with Gasteiger partial charge < -0.3 is 10.0 Å². The summed E-state index contributed by atoms with van der Waals surface area (Å²) in [6, 6.07) is 0. The minimum atomic E-state index is -0.0152. The highest BCUT2D eigenvalue weighted by atomic mass is 35.5. The van der Waals surface area contributed by atoms with Gasteiger partial charge in [0.25, 0.3) is 0 Å². The maximum absolute atomic E-state index is 9.19. The molecule has 3 heteroatoms. The van der Waals surface area contributed by atoms with E-state index in [9.17, 15) is 5.11 Å². The van der Waals surface area contributed by atoms with Gasteiger partial charge in [-0.05, 0) is 51.1 Å². The Bertz CT molecular complexity index is 171. The zero-order valence-electron chi connectivity index (χ0n) is 9.95. The lowest BCUT2D eigenvalue weighted by Crippen LogP contribution is -2.37. The van der Waals surface area contributed by atoms with Crippen LogP contribution >= 0.6 is 11.6 Å². The zero-order chi connectivity index (χ0) is 11.3. The maximum atomic E-state index is 9.19. The van der Waals surface area contributed by atoms with Crippen molar-refractivity contribution in [3.63, 3.8) is 0 Å². The number of nitrogens with zero attached hydrogens (tertiary/aromatic N) is 1. The fraction of sp³-hybridized carbons (Fsp3) is 1.00. The van der Waals surface area contributed by atoms with E-state index < -0.39 is 0 Å². The van der Waals surface area contributed by atoms with Crippen molar-refractivity contribution >= 4 is 11.6 Å². The highest BCUT2D eigenvalue weighted by molar-refractivity contribution is 6.17. The third kappa shape index (κ3) is 5.19. The average molecular weight is 234 g/mol.